The van der Waals surface area contributed by atoms with E-state index in [-0.39, 0.29) is 12.6 Å². The van der Waals surface area contributed by atoms with E-state index >= 15 is 0 Å². The van der Waals surface area contributed by atoms with Crippen LogP contribution in [0.4, 0.5) is 0 Å². The van der Waals surface area contributed by atoms with Gasteiger partial charge in [0.05, 0.1) is 5.52 Å². The molecule has 0 bridgehead atoms. The van der Waals surface area contributed by atoms with Gasteiger partial charge < -0.3 is 44.9 Å². The summed E-state index contributed by atoms with van der Waals surface area (Å²) in [5.74, 6) is -0.830. The number of H-pyrrole nitrogens is 1. The molecule has 0 aliphatic carbocycles. The van der Waals surface area contributed by atoms with Crippen LogP contribution in [0.25, 0.3) is 21.8 Å². The summed E-state index contributed by atoms with van der Waals surface area (Å²) in [7, 11) is 0. The van der Waals surface area contributed by atoms with Crippen molar-refractivity contribution in [3.63, 3.8) is 0 Å². The van der Waals surface area contributed by atoms with Crippen molar-refractivity contribution in [1.82, 2.24) is 10.3 Å². The fourth-order valence-electron chi connectivity index (χ4n) is 4.04. The molecular formula is C24H30N2O8. The van der Waals surface area contributed by atoms with Gasteiger partial charge in [0.1, 0.15) is 36.8 Å². The predicted octanol–water partition coefficient (Wildman–Crippen LogP) is 0.975. The van der Waals surface area contributed by atoms with Gasteiger partial charge in [0.25, 0.3) is 0 Å². The van der Waals surface area contributed by atoms with Crippen molar-refractivity contribution in [1.29, 1.82) is 0 Å². The Labute approximate surface area is 196 Å². The van der Waals surface area contributed by atoms with Gasteiger partial charge >= 0.3 is 5.97 Å². The number of benzene rings is 2. The summed E-state index contributed by atoms with van der Waals surface area (Å²) in [4.78, 5) is 14.8. The van der Waals surface area contributed by atoms with Gasteiger partial charge in [0, 0.05) is 28.9 Å². The maximum atomic E-state index is 11.4. The monoisotopic (exact) mass is 474 g/mol. The zero-order valence-electron chi connectivity index (χ0n) is 18.9. The number of aromatic nitrogens is 1. The van der Waals surface area contributed by atoms with Crippen molar-refractivity contribution in [3.05, 3.63) is 42.5 Å². The van der Waals surface area contributed by atoms with Crippen LogP contribution in [0.1, 0.15) is 13.8 Å². The minimum atomic E-state index is -1.78. The van der Waals surface area contributed by atoms with Gasteiger partial charge in [-0.05, 0) is 18.2 Å². The summed E-state index contributed by atoms with van der Waals surface area (Å²) in [5, 5.41) is 44.8. The van der Waals surface area contributed by atoms with E-state index in [2.05, 4.69) is 10.3 Å². The highest BCUT2D eigenvalue weighted by molar-refractivity contribution is 6.10. The van der Waals surface area contributed by atoms with Crippen molar-refractivity contribution in [3.8, 4) is 5.75 Å². The molecule has 1 aromatic heterocycles. The predicted molar refractivity (Wildman–Crippen MR) is 124 cm³/mol. The fraction of sp³-hybridized carbons (Fsp3) is 0.458. The lowest BCUT2D eigenvalue weighted by Crippen LogP contribution is -2.61. The number of carboxylic acid groups (broad SMARTS) is 1. The Bertz CT molecular complexity index is 1130. The zero-order valence-corrected chi connectivity index (χ0v) is 18.9. The summed E-state index contributed by atoms with van der Waals surface area (Å²) >= 11 is 0. The molecular weight excluding hydrogens is 444 g/mol. The highest BCUT2D eigenvalue weighted by Crippen LogP contribution is 2.33. The number of carbonyl (C=O) groups is 1. The molecule has 0 amide bonds. The minimum Gasteiger partial charge on any atom is -0.490 e. The van der Waals surface area contributed by atoms with Gasteiger partial charge in [-0.2, -0.15) is 0 Å². The van der Waals surface area contributed by atoms with E-state index < -0.39 is 42.8 Å². The van der Waals surface area contributed by atoms with Gasteiger partial charge in [-0.3, -0.25) is 0 Å². The van der Waals surface area contributed by atoms with Crippen LogP contribution >= 0.6 is 0 Å². The molecule has 0 saturated carbocycles. The number of aliphatic hydroxyl groups is 3. The third-order valence-electron chi connectivity index (χ3n) is 5.81. The standard InChI is InChI=1S/C24H30N2O8/c1-12(2)25-10-13(33-24-21(29)19(27)20(28)22(34-24)23(30)31)11-32-17-9-5-8-16-18(17)14-6-3-4-7-15(14)26-16/h3-9,12-13,19-22,24-29H,10-11H2,1-2H3,(H,30,31)/t13?,19-,20-,21+,22-,24?/m0/s1. The summed E-state index contributed by atoms with van der Waals surface area (Å²) in [6.45, 7) is 4.28. The lowest BCUT2D eigenvalue weighted by molar-refractivity contribution is -0.305. The SMILES string of the molecule is CC(C)NCC(COc1cccc2[nH]c3ccccc3c12)OC1O[C@H](C(=O)O)[C@@H](O)[C@H](O)[C@H]1O. The summed E-state index contributed by atoms with van der Waals surface area (Å²) in [6, 6.07) is 13.7. The lowest BCUT2D eigenvalue weighted by atomic mass is 9.99. The van der Waals surface area contributed by atoms with E-state index in [1.165, 1.54) is 0 Å². The second-order valence-electron chi connectivity index (χ2n) is 8.72. The number of carboxylic acids is 1. The van der Waals surface area contributed by atoms with Crippen molar-refractivity contribution >= 4 is 27.8 Å². The Kier molecular flexibility index (Phi) is 7.36. The van der Waals surface area contributed by atoms with Gasteiger partial charge in [-0.15, -0.1) is 0 Å². The largest absolute Gasteiger partial charge is 0.490 e. The fourth-order valence-corrected chi connectivity index (χ4v) is 4.04. The van der Waals surface area contributed by atoms with Crippen LogP contribution in [0.2, 0.25) is 0 Å². The first kappa shape index (κ1) is 24.4. The Morgan fingerprint density at radius 2 is 1.79 bits per heavy atom. The van der Waals surface area contributed by atoms with Gasteiger partial charge in [0.15, 0.2) is 12.4 Å². The van der Waals surface area contributed by atoms with Crippen LogP contribution in [0, 0.1) is 0 Å². The maximum absolute atomic E-state index is 11.4. The highest BCUT2D eigenvalue weighted by Gasteiger charge is 2.48. The number of hydrogen-bond acceptors (Lipinski definition) is 8. The zero-order chi connectivity index (χ0) is 24.4. The van der Waals surface area contributed by atoms with Crippen molar-refractivity contribution < 1.29 is 39.4 Å². The average Bonchev–Trinajstić information content (AvgIpc) is 3.19. The third-order valence-corrected chi connectivity index (χ3v) is 5.81. The van der Waals surface area contributed by atoms with Gasteiger partial charge in [-0.25, -0.2) is 4.79 Å². The second kappa shape index (κ2) is 10.3. The molecule has 2 aromatic carbocycles. The van der Waals surface area contributed by atoms with Crippen LogP contribution in [0.15, 0.2) is 42.5 Å². The number of aliphatic carboxylic acids is 1. The molecule has 34 heavy (non-hydrogen) atoms. The number of aliphatic hydroxyl groups excluding tert-OH is 3. The number of hydrogen-bond donors (Lipinski definition) is 6. The normalized spacial score (nSPS) is 26.2. The van der Waals surface area contributed by atoms with E-state index in [0.717, 1.165) is 21.8 Å². The molecule has 10 heteroatoms. The molecule has 1 aliphatic heterocycles. The maximum Gasteiger partial charge on any atom is 0.335 e. The lowest BCUT2D eigenvalue weighted by Gasteiger charge is -2.39. The van der Waals surface area contributed by atoms with E-state index in [4.69, 9.17) is 14.2 Å². The third kappa shape index (κ3) is 5.02. The Morgan fingerprint density at radius 1 is 1.06 bits per heavy atom. The average molecular weight is 475 g/mol. The molecule has 2 heterocycles. The van der Waals surface area contributed by atoms with Crippen molar-refractivity contribution in [2.45, 2.75) is 56.7 Å². The number of rotatable bonds is 9. The van der Waals surface area contributed by atoms with E-state index in [0.29, 0.717) is 12.3 Å². The molecule has 2 unspecified atom stereocenters. The summed E-state index contributed by atoms with van der Waals surface area (Å²) < 4.78 is 17.3. The van der Waals surface area contributed by atoms with E-state index in [1.54, 1.807) is 0 Å². The van der Waals surface area contributed by atoms with E-state index in [9.17, 15) is 25.2 Å². The minimum absolute atomic E-state index is 0.0569. The Balaban J connectivity index is 1.54. The van der Waals surface area contributed by atoms with Crippen LogP contribution in [0.5, 0.6) is 5.75 Å². The van der Waals surface area contributed by atoms with Crippen LogP contribution in [0.3, 0.4) is 0 Å². The summed E-state index contributed by atoms with van der Waals surface area (Å²) in [5.41, 5.74) is 1.90. The van der Waals surface area contributed by atoms with Crippen LogP contribution in [-0.4, -0.2) is 87.4 Å². The quantitative estimate of drug-likeness (QED) is 0.266. The highest BCUT2D eigenvalue weighted by atomic mass is 16.7. The number of nitrogens with one attached hydrogen (secondary N) is 2. The van der Waals surface area contributed by atoms with Crippen LogP contribution < -0.4 is 10.1 Å². The molecule has 184 valence electrons. The van der Waals surface area contributed by atoms with Crippen LogP contribution in [-0.2, 0) is 14.3 Å². The number of aromatic amines is 1. The van der Waals surface area contributed by atoms with Gasteiger partial charge in [-0.1, -0.05) is 38.1 Å². The molecule has 1 saturated heterocycles. The second-order valence-corrected chi connectivity index (χ2v) is 8.72. The first-order valence-corrected chi connectivity index (χ1v) is 11.2. The molecule has 1 aliphatic rings. The first-order valence-electron chi connectivity index (χ1n) is 11.2. The number of para-hydroxylation sites is 1. The molecule has 6 N–H and O–H groups in total. The van der Waals surface area contributed by atoms with E-state index in [1.807, 2.05) is 56.3 Å². The number of fused-ring (bicyclic) bond motifs is 3. The molecule has 3 aromatic rings. The Morgan fingerprint density at radius 3 is 2.53 bits per heavy atom. The first-order chi connectivity index (χ1) is 16.3. The molecule has 4 rings (SSSR count). The summed E-state index contributed by atoms with van der Waals surface area (Å²) in [6.07, 6.45) is -9.02. The molecule has 10 nitrogen and oxygen atoms in total. The van der Waals surface area contributed by atoms with Gasteiger partial charge in [0.2, 0.25) is 0 Å². The topological polar surface area (TPSA) is 154 Å². The molecule has 0 radical (unpaired) electrons. The molecule has 0 spiro atoms. The smallest absolute Gasteiger partial charge is 0.335 e. The molecule has 1 fully saturated rings. The number of ether oxygens (including phenoxy) is 3. The molecule has 6 atom stereocenters. The van der Waals surface area contributed by atoms with Crippen molar-refractivity contribution in [2.75, 3.05) is 13.2 Å². The Hall–Kier alpha value is -2.73. The van der Waals surface area contributed by atoms with Crippen molar-refractivity contribution in [2.24, 2.45) is 0 Å².